The van der Waals surface area contributed by atoms with E-state index in [-0.39, 0.29) is 5.92 Å². The molecular formula is C127H79N15. The van der Waals surface area contributed by atoms with Gasteiger partial charge < -0.3 is 0 Å². The summed E-state index contributed by atoms with van der Waals surface area (Å²) in [7, 11) is 0. The highest BCUT2D eigenvalue weighted by molar-refractivity contribution is 6.16. The Morgan fingerprint density at radius 3 is 0.838 bits per heavy atom. The first-order valence-corrected chi connectivity index (χ1v) is 49.1. The maximum Gasteiger partial charge on any atom is 0.223 e. The van der Waals surface area contributed by atoms with Crippen LogP contribution < -0.4 is 0 Å². The third kappa shape index (κ3) is 10.4. The summed E-state index contributed by atoms with van der Waals surface area (Å²) in [6.45, 7) is 11.4. The van der Waals surface area contributed by atoms with Gasteiger partial charge in [-0.3, -0.25) is 26.4 Å². The molecule has 0 N–H and O–H groups in total. The number of imidazole rings is 12. The molecule has 0 spiro atoms. The van der Waals surface area contributed by atoms with Gasteiger partial charge in [-0.05, 0) is 329 Å². The van der Waals surface area contributed by atoms with E-state index >= 15 is 0 Å². The lowest BCUT2D eigenvalue weighted by Gasteiger charge is -2.18. The molecule has 0 aliphatic rings. The zero-order valence-corrected chi connectivity index (χ0v) is 77.7. The van der Waals surface area contributed by atoms with Gasteiger partial charge in [-0.25, -0.2) is 43.1 Å². The SMILES string of the molecule is Cc1ccc(-c2ccccc2)cc1-c1cc2c3c(c1)n1c4cc5cc(-c6ccc7cc8nc9n(c8cc7c6)c6cc(-c7c(-c8ccccc8)cccc7C(C)C)cc7c6n9c6nc8cc9ccc(-c%10ccc%11cc%12nc%13n(c%12cc%11c%10)c%10cc(-c%11cc(C(C)C)ccc%11-c%11ccccc%11)cc%11c%10n%13c%10nc%12cc%13ccccc%13cc%12n%11%10)cc9cc8n76)ccc5cc4nc1n3c1nc3cc4ccccc4cc3n21. The van der Waals surface area contributed by atoms with Crippen LogP contribution in [-0.2, 0) is 0 Å². The minimum absolute atomic E-state index is 0.219. The zero-order chi connectivity index (χ0) is 92.9. The minimum Gasteiger partial charge on any atom is -0.276 e. The molecule has 15 nitrogen and oxygen atoms in total. The largest absolute Gasteiger partial charge is 0.276 e. The normalized spacial score (nSPS) is 12.8. The van der Waals surface area contributed by atoms with Crippen molar-refractivity contribution in [3.05, 3.63) is 393 Å². The number of aryl methyl sites for hydroxylation is 1. The Hall–Kier alpha value is -18.6. The maximum atomic E-state index is 5.73. The first-order chi connectivity index (χ1) is 69.8. The lowest BCUT2D eigenvalue weighted by atomic mass is 9.86. The second-order valence-electron chi connectivity index (χ2n) is 40.1. The lowest BCUT2D eigenvalue weighted by molar-refractivity contribution is 0.867. The number of hydrogen-bond donors (Lipinski definition) is 0. The number of rotatable bonds is 10. The summed E-state index contributed by atoms with van der Waals surface area (Å²) in [4.78, 5) is 33.7. The van der Waals surface area contributed by atoms with E-state index in [1.165, 1.54) is 77.5 Å². The summed E-state index contributed by atoms with van der Waals surface area (Å²) in [5.41, 5.74) is 43.9. The molecule has 0 unspecified atom stereocenters. The van der Waals surface area contributed by atoms with Gasteiger partial charge in [-0.15, -0.1) is 0 Å². The Labute approximate surface area is 807 Å². The second-order valence-corrected chi connectivity index (χ2v) is 40.1. The molecule has 0 bridgehead atoms. The van der Waals surface area contributed by atoms with Gasteiger partial charge in [-0.2, -0.15) is 0 Å². The molecule has 0 amide bonds. The van der Waals surface area contributed by atoms with Crippen LogP contribution in [0.5, 0.6) is 0 Å². The van der Waals surface area contributed by atoms with Gasteiger partial charge in [0.1, 0.15) is 16.6 Å². The van der Waals surface area contributed by atoms with Crippen LogP contribution in [0.3, 0.4) is 0 Å². The highest BCUT2D eigenvalue weighted by Gasteiger charge is 2.33. The number of fused-ring (bicyclic) bond motifs is 36. The van der Waals surface area contributed by atoms with E-state index < -0.39 is 0 Å². The third-order valence-corrected chi connectivity index (χ3v) is 31.4. The Morgan fingerprint density at radius 2 is 0.479 bits per heavy atom. The molecule has 662 valence electrons. The Morgan fingerprint density at radius 1 is 0.176 bits per heavy atom. The van der Waals surface area contributed by atoms with Crippen LogP contribution in [0.4, 0.5) is 0 Å². The molecule has 12 aromatic heterocycles. The average Bonchev–Trinajstić information content (AvgIpc) is 1.52. The predicted octanol–water partition coefficient (Wildman–Crippen LogP) is 31.8. The van der Waals surface area contributed by atoms with Crippen molar-refractivity contribution in [1.29, 1.82) is 0 Å². The summed E-state index contributed by atoms with van der Waals surface area (Å²) in [6, 6.07) is 140. The standard InChI is InChI=1S/C127H79N15/c1-68(2)74-42-43-96(72-22-11-7-12-23-72)99(48-74)93-64-114-120-115(65-93)137-109-59-89-45-80(35-39-85(89)53-103(109)131-125(137)141(120)123-129-101-51-76-27-16-18-29-78(76)57-107(101)135(114)123)82-37-41-87-55-105-111(61-91(87)47-82)139-117-67-94(118-95(69(3)4)30-19-31-97(118)73-24-13-8-14-25-73)66-116-121(117)142(127(139)133-105)126-132-104-54-86-40-36-81(46-90(86)60-110(104)138(116)126)79-34-38-84-52-102-108(58-88(84)44-79)136-113-63-92(98-49-83(33-32-70(98)5)71-20-9-6-10-21-71)62-112-119(113)140(124(136)130-102)122-128-100-50-75-26-15-17-28-77(75)56-106(100)134(112)122/h6-69H,1-5H3. The van der Waals surface area contributed by atoms with Gasteiger partial charge in [-0.1, -0.05) is 264 Å². The van der Waals surface area contributed by atoms with E-state index in [2.05, 4.69) is 450 Å². The number of hydrogen-bond acceptors (Lipinski definition) is 6. The molecule has 142 heavy (non-hydrogen) atoms. The molecule has 0 aliphatic heterocycles. The molecule has 0 fully saturated rings. The van der Waals surface area contributed by atoms with Crippen molar-refractivity contribution in [1.82, 2.24) is 69.5 Å². The topological polar surface area (TPSA) is 117 Å². The van der Waals surface area contributed by atoms with Gasteiger partial charge in [0.25, 0.3) is 0 Å². The molecule has 12 heterocycles. The van der Waals surface area contributed by atoms with Crippen LogP contribution in [0, 0.1) is 6.92 Å². The Bertz CT molecular complexity index is 11400. The molecule has 33 aromatic rings. The van der Waals surface area contributed by atoms with Crippen molar-refractivity contribution in [3.8, 4) is 89.0 Å². The van der Waals surface area contributed by atoms with Crippen LogP contribution >= 0.6 is 0 Å². The van der Waals surface area contributed by atoms with Crippen molar-refractivity contribution >= 4 is 215 Å². The van der Waals surface area contributed by atoms with Crippen molar-refractivity contribution < 1.29 is 0 Å². The van der Waals surface area contributed by atoms with E-state index in [1.807, 2.05) is 0 Å². The van der Waals surface area contributed by atoms with E-state index in [9.17, 15) is 0 Å². The summed E-state index contributed by atoms with van der Waals surface area (Å²) in [5.74, 6) is 5.51. The van der Waals surface area contributed by atoms with E-state index in [1.54, 1.807) is 0 Å². The highest BCUT2D eigenvalue weighted by Crippen LogP contribution is 2.50. The monoisotopic (exact) mass is 1810 g/mol. The highest BCUT2D eigenvalue weighted by atomic mass is 15.3. The quantitative estimate of drug-likeness (QED) is 0.135. The number of benzene rings is 21. The van der Waals surface area contributed by atoms with Crippen LogP contribution in [0.1, 0.15) is 56.2 Å². The molecule has 0 atom stereocenters. The van der Waals surface area contributed by atoms with Gasteiger partial charge in [0.15, 0.2) is 0 Å². The summed E-state index contributed by atoms with van der Waals surface area (Å²) >= 11 is 0. The van der Waals surface area contributed by atoms with E-state index in [0.29, 0.717) is 5.92 Å². The Kier molecular flexibility index (Phi) is 14.8. The molecule has 0 radical (unpaired) electrons. The second kappa shape index (κ2) is 27.4. The molecular weight excluding hydrogens is 1740 g/mol. The van der Waals surface area contributed by atoms with Crippen molar-refractivity contribution in [3.63, 3.8) is 0 Å². The van der Waals surface area contributed by atoms with Gasteiger partial charge in [0.05, 0.1) is 99.3 Å². The van der Waals surface area contributed by atoms with Crippen LogP contribution in [0.15, 0.2) is 376 Å². The van der Waals surface area contributed by atoms with Crippen LogP contribution in [-0.4, -0.2) is 69.5 Å². The molecule has 0 aliphatic carbocycles. The van der Waals surface area contributed by atoms with Crippen LogP contribution in [0.25, 0.3) is 304 Å². The summed E-state index contributed by atoms with van der Waals surface area (Å²) in [6.07, 6.45) is 0. The van der Waals surface area contributed by atoms with Crippen molar-refractivity contribution in [2.45, 2.75) is 46.5 Å². The first-order valence-electron chi connectivity index (χ1n) is 49.1. The fourth-order valence-corrected chi connectivity index (χ4v) is 24.6. The smallest absolute Gasteiger partial charge is 0.223 e. The van der Waals surface area contributed by atoms with Crippen LogP contribution in [0.2, 0.25) is 0 Å². The third-order valence-electron chi connectivity index (χ3n) is 31.4. The van der Waals surface area contributed by atoms with Gasteiger partial charge in [0.2, 0.25) is 34.7 Å². The number of aromatic nitrogens is 15. The fraction of sp³-hybridized carbons (Fsp3) is 0.0551. The molecule has 33 rings (SSSR count). The maximum absolute atomic E-state index is 5.73. The average molecular weight is 1820 g/mol. The minimum atomic E-state index is 0.219. The number of nitrogens with zero attached hydrogens (tertiary/aromatic N) is 15. The van der Waals surface area contributed by atoms with Crippen molar-refractivity contribution in [2.24, 2.45) is 0 Å². The Balaban J connectivity index is 0.535. The molecule has 15 heteroatoms. The predicted molar refractivity (Wildman–Crippen MR) is 584 cm³/mol. The summed E-state index contributed by atoms with van der Waals surface area (Å²) < 4.78 is 21.2. The van der Waals surface area contributed by atoms with E-state index in [0.717, 1.165) is 243 Å². The van der Waals surface area contributed by atoms with Crippen molar-refractivity contribution in [2.75, 3.05) is 0 Å². The zero-order valence-electron chi connectivity index (χ0n) is 77.7. The van der Waals surface area contributed by atoms with Gasteiger partial charge >= 0.3 is 0 Å². The van der Waals surface area contributed by atoms with Gasteiger partial charge in [0, 0.05) is 0 Å². The molecule has 0 saturated heterocycles. The first kappa shape index (κ1) is 76.6. The summed E-state index contributed by atoms with van der Waals surface area (Å²) in [5, 5.41) is 13.6. The van der Waals surface area contributed by atoms with E-state index in [4.69, 9.17) is 29.9 Å². The fourth-order valence-electron chi connectivity index (χ4n) is 24.6. The lowest BCUT2D eigenvalue weighted by Crippen LogP contribution is -1.96. The molecule has 21 aromatic carbocycles. The molecule has 0 saturated carbocycles.